The van der Waals surface area contributed by atoms with Gasteiger partial charge in [0.25, 0.3) is 0 Å². The van der Waals surface area contributed by atoms with Gasteiger partial charge in [0.15, 0.2) is 0 Å². The third-order valence-electron chi connectivity index (χ3n) is 4.66. The van der Waals surface area contributed by atoms with Gasteiger partial charge >= 0.3 is 0 Å². The molecule has 2 rings (SSSR count). The van der Waals surface area contributed by atoms with Crippen LogP contribution < -0.4 is 0 Å². The normalized spacial score (nSPS) is 33.0. The van der Waals surface area contributed by atoms with Crippen molar-refractivity contribution in [1.82, 2.24) is 0 Å². The first-order chi connectivity index (χ1) is 8.63. The van der Waals surface area contributed by atoms with Crippen LogP contribution in [0.1, 0.15) is 52.4 Å². The molecule has 1 saturated carbocycles. The number of rotatable bonds is 7. The Hall–Kier alpha value is -0.920. The maximum absolute atomic E-state index is 12.1. The molecule has 0 spiro atoms. The van der Waals surface area contributed by atoms with Crippen LogP contribution in [0.4, 0.5) is 0 Å². The van der Waals surface area contributed by atoms with E-state index in [1.165, 1.54) is 6.42 Å². The first-order valence-electron chi connectivity index (χ1n) is 7.34. The van der Waals surface area contributed by atoms with Gasteiger partial charge in [0.1, 0.15) is 11.6 Å². The summed E-state index contributed by atoms with van der Waals surface area (Å²) in [4.78, 5) is 23.0. The lowest BCUT2D eigenvalue weighted by molar-refractivity contribution is -0.125. The maximum Gasteiger partial charge on any atom is 0.136 e. The highest BCUT2D eigenvalue weighted by atomic mass is 16.1. The van der Waals surface area contributed by atoms with Crippen LogP contribution in [0.2, 0.25) is 0 Å². The number of fused-ring (bicyclic) bond motifs is 2. The molecule has 18 heavy (non-hydrogen) atoms. The highest BCUT2D eigenvalue weighted by Gasteiger charge is 2.46. The number of carbonyl (C=O) groups excluding carboxylic acids is 2. The molecule has 0 radical (unpaired) electrons. The Morgan fingerprint density at radius 3 is 2.56 bits per heavy atom. The lowest BCUT2D eigenvalue weighted by atomic mass is 9.77. The van der Waals surface area contributed by atoms with E-state index in [1.54, 1.807) is 6.92 Å². The number of allylic oxidation sites excluding steroid dienone is 2. The molecule has 2 bridgehead atoms. The molecule has 4 atom stereocenters. The van der Waals surface area contributed by atoms with Gasteiger partial charge in [-0.3, -0.25) is 4.79 Å². The predicted molar refractivity (Wildman–Crippen MR) is 72.2 cm³/mol. The molecule has 0 heterocycles. The third-order valence-corrected chi connectivity index (χ3v) is 4.66. The fourth-order valence-corrected chi connectivity index (χ4v) is 3.79. The SMILES string of the molecule is CCC(=O)C1C2C=CC(C2)C1CCCCC(C)=O. The Bertz CT molecular complexity index is 356. The monoisotopic (exact) mass is 248 g/mol. The third kappa shape index (κ3) is 2.73. The van der Waals surface area contributed by atoms with Crippen molar-refractivity contribution in [3.8, 4) is 0 Å². The number of hydrogen-bond donors (Lipinski definition) is 0. The lowest BCUT2D eigenvalue weighted by Gasteiger charge is -2.26. The zero-order valence-electron chi connectivity index (χ0n) is 11.5. The second kappa shape index (κ2) is 5.81. The molecule has 4 unspecified atom stereocenters. The van der Waals surface area contributed by atoms with E-state index in [0.29, 0.717) is 36.4 Å². The number of carbonyl (C=O) groups is 2. The predicted octanol–water partition coefficient (Wildman–Crippen LogP) is 3.55. The molecule has 0 aromatic rings. The first-order valence-corrected chi connectivity index (χ1v) is 7.34. The van der Waals surface area contributed by atoms with Crippen LogP contribution in [0.3, 0.4) is 0 Å². The average Bonchev–Trinajstić information content (AvgIpc) is 2.93. The van der Waals surface area contributed by atoms with Crippen molar-refractivity contribution in [2.45, 2.75) is 52.4 Å². The average molecular weight is 248 g/mol. The Morgan fingerprint density at radius 1 is 1.17 bits per heavy atom. The van der Waals surface area contributed by atoms with Crippen molar-refractivity contribution < 1.29 is 9.59 Å². The van der Waals surface area contributed by atoms with Crippen molar-refractivity contribution in [2.75, 3.05) is 0 Å². The summed E-state index contributed by atoms with van der Waals surface area (Å²) in [6, 6.07) is 0. The van der Waals surface area contributed by atoms with Gasteiger partial charge in [0.05, 0.1) is 0 Å². The molecule has 2 heteroatoms. The lowest BCUT2D eigenvalue weighted by Crippen LogP contribution is -2.27. The molecule has 2 aliphatic rings. The minimum absolute atomic E-state index is 0.280. The number of unbranched alkanes of at least 4 members (excludes halogenated alkanes) is 1. The zero-order chi connectivity index (χ0) is 13.1. The van der Waals surface area contributed by atoms with E-state index in [1.807, 2.05) is 6.92 Å². The molecular formula is C16H24O2. The van der Waals surface area contributed by atoms with Crippen LogP contribution in [0.15, 0.2) is 12.2 Å². The van der Waals surface area contributed by atoms with Gasteiger partial charge in [-0.05, 0) is 43.9 Å². The molecule has 0 amide bonds. The van der Waals surface area contributed by atoms with Crippen LogP contribution in [0.5, 0.6) is 0 Å². The Balaban J connectivity index is 1.88. The summed E-state index contributed by atoms with van der Waals surface area (Å²) in [7, 11) is 0. The molecule has 100 valence electrons. The highest BCUT2D eigenvalue weighted by Crippen LogP contribution is 2.50. The van der Waals surface area contributed by atoms with Crippen LogP contribution in [-0.4, -0.2) is 11.6 Å². The van der Waals surface area contributed by atoms with Crippen LogP contribution >= 0.6 is 0 Å². The Morgan fingerprint density at radius 2 is 1.89 bits per heavy atom. The summed E-state index contributed by atoms with van der Waals surface area (Å²) in [5.41, 5.74) is 0. The number of hydrogen-bond acceptors (Lipinski definition) is 2. The summed E-state index contributed by atoms with van der Waals surface area (Å²) < 4.78 is 0. The summed E-state index contributed by atoms with van der Waals surface area (Å²) in [6.45, 7) is 3.63. The fraction of sp³-hybridized carbons (Fsp3) is 0.750. The van der Waals surface area contributed by atoms with Crippen molar-refractivity contribution in [3.63, 3.8) is 0 Å². The smallest absolute Gasteiger partial charge is 0.136 e. The van der Waals surface area contributed by atoms with Crippen LogP contribution in [-0.2, 0) is 9.59 Å². The van der Waals surface area contributed by atoms with E-state index in [0.717, 1.165) is 19.3 Å². The van der Waals surface area contributed by atoms with Crippen molar-refractivity contribution in [2.24, 2.45) is 23.7 Å². The van der Waals surface area contributed by atoms with E-state index in [2.05, 4.69) is 12.2 Å². The molecular weight excluding hydrogens is 224 g/mol. The maximum atomic E-state index is 12.1. The van der Waals surface area contributed by atoms with Crippen LogP contribution in [0.25, 0.3) is 0 Å². The van der Waals surface area contributed by atoms with Gasteiger partial charge in [-0.15, -0.1) is 0 Å². The summed E-state index contributed by atoms with van der Waals surface area (Å²) in [6.07, 6.45) is 10.3. The van der Waals surface area contributed by atoms with Crippen molar-refractivity contribution in [3.05, 3.63) is 12.2 Å². The van der Waals surface area contributed by atoms with E-state index < -0.39 is 0 Å². The molecule has 0 aromatic carbocycles. The number of Topliss-reactive ketones (excluding diaryl/α,β-unsaturated/α-hetero) is 2. The highest BCUT2D eigenvalue weighted by molar-refractivity contribution is 5.82. The zero-order valence-corrected chi connectivity index (χ0v) is 11.5. The Labute approximate surface area is 110 Å². The van der Waals surface area contributed by atoms with Crippen molar-refractivity contribution in [1.29, 1.82) is 0 Å². The second-order valence-electron chi connectivity index (χ2n) is 5.91. The minimum Gasteiger partial charge on any atom is -0.300 e. The molecule has 0 aromatic heterocycles. The molecule has 0 aliphatic heterocycles. The van der Waals surface area contributed by atoms with E-state index >= 15 is 0 Å². The topological polar surface area (TPSA) is 34.1 Å². The van der Waals surface area contributed by atoms with Gasteiger partial charge in [-0.1, -0.05) is 25.5 Å². The fourth-order valence-electron chi connectivity index (χ4n) is 3.79. The minimum atomic E-state index is 0.280. The van der Waals surface area contributed by atoms with Crippen molar-refractivity contribution >= 4 is 11.6 Å². The van der Waals surface area contributed by atoms with Gasteiger partial charge < -0.3 is 4.79 Å². The second-order valence-corrected chi connectivity index (χ2v) is 5.91. The molecule has 2 aliphatic carbocycles. The van der Waals surface area contributed by atoms with E-state index in [9.17, 15) is 9.59 Å². The molecule has 1 fully saturated rings. The molecule has 0 N–H and O–H groups in total. The summed E-state index contributed by atoms with van der Waals surface area (Å²) >= 11 is 0. The quantitative estimate of drug-likeness (QED) is 0.510. The summed E-state index contributed by atoms with van der Waals surface area (Å²) in [5.74, 6) is 2.71. The standard InChI is InChI=1S/C16H24O2/c1-3-15(18)16-13-9-8-12(10-13)14(16)7-5-4-6-11(2)17/h8-9,12-14,16H,3-7,10H2,1-2H3. The van der Waals surface area contributed by atoms with Gasteiger partial charge in [-0.2, -0.15) is 0 Å². The Kier molecular flexibility index (Phi) is 4.36. The summed E-state index contributed by atoms with van der Waals surface area (Å²) in [5, 5.41) is 0. The van der Waals surface area contributed by atoms with Gasteiger partial charge in [-0.25, -0.2) is 0 Å². The largest absolute Gasteiger partial charge is 0.300 e. The van der Waals surface area contributed by atoms with Gasteiger partial charge in [0.2, 0.25) is 0 Å². The van der Waals surface area contributed by atoms with Gasteiger partial charge in [0, 0.05) is 18.8 Å². The first kappa shape index (κ1) is 13.5. The molecule has 2 nitrogen and oxygen atoms in total. The number of ketones is 2. The van der Waals surface area contributed by atoms with E-state index in [-0.39, 0.29) is 11.7 Å². The van der Waals surface area contributed by atoms with Crippen LogP contribution in [0, 0.1) is 23.7 Å². The van der Waals surface area contributed by atoms with E-state index in [4.69, 9.17) is 0 Å². The molecule has 0 saturated heterocycles.